The van der Waals surface area contributed by atoms with Crippen molar-refractivity contribution >= 4 is 29.1 Å². The van der Waals surface area contributed by atoms with Crippen LogP contribution in [0, 0.1) is 5.92 Å². The predicted octanol–water partition coefficient (Wildman–Crippen LogP) is 2.80. The molecule has 4 rings (SSSR count). The maximum absolute atomic E-state index is 12.7. The van der Waals surface area contributed by atoms with Gasteiger partial charge in [-0.1, -0.05) is 18.2 Å². The van der Waals surface area contributed by atoms with Gasteiger partial charge in [-0.25, -0.2) is 0 Å². The summed E-state index contributed by atoms with van der Waals surface area (Å²) in [6, 6.07) is 13.5. The van der Waals surface area contributed by atoms with E-state index in [0.717, 1.165) is 24.1 Å². The van der Waals surface area contributed by atoms with Crippen molar-refractivity contribution in [2.75, 3.05) is 30.9 Å². The monoisotopic (exact) mass is 405 g/mol. The zero-order chi connectivity index (χ0) is 21.3. The van der Waals surface area contributed by atoms with Gasteiger partial charge in [0.1, 0.15) is 0 Å². The van der Waals surface area contributed by atoms with E-state index in [0.29, 0.717) is 18.7 Å². The fourth-order valence-corrected chi connectivity index (χ4v) is 4.14. The molecule has 0 spiro atoms. The molecule has 1 N–H and O–H groups in total. The van der Waals surface area contributed by atoms with Gasteiger partial charge >= 0.3 is 0 Å². The lowest BCUT2D eigenvalue weighted by atomic mass is 10.1. The molecule has 30 heavy (non-hydrogen) atoms. The molecule has 1 atom stereocenters. The third-order valence-electron chi connectivity index (χ3n) is 5.97. The van der Waals surface area contributed by atoms with Crippen LogP contribution in [0.1, 0.15) is 29.5 Å². The summed E-state index contributed by atoms with van der Waals surface area (Å²) in [5.74, 6) is -0.501. The molecule has 0 saturated carbocycles. The first-order chi connectivity index (χ1) is 14.4. The third kappa shape index (κ3) is 4.22. The molecule has 2 aliphatic rings. The number of hydrogen-bond donors (Lipinski definition) is 1. The van der Waals surface area contributed by atoms with Gasteiger partial charge in [0.15, 0.2) is 0 Å². The molecule has 156 valence electrons. The Morgan fingerprint density at radius 2 is 1.80 bits per heavy atom. The summed E-state index contributed by atoms with van der Waals surface area (Å²) < 4.78 is 0. The van der Waals surface area contributed by atoms with Crippen LogP contribution in [0.25, 0.3) is 0 Å². The second kappa shape index (κ2) is 8.30. The zero-order valence-corrected chi connectivity index (χ0v) is 17.5. The highest BCUT2D eigenvalue weighted by Gasteiger charge is 2.35. The molecule has 2 aromatic rings. The topological polar surface area (TPSA) is 69.7 Å². The Labute approximate surface area is 176 Å². The number of aryl methyl sites for hydroxylation is 2. The molecule has 1 heterocycles. The number of likely N-dealkylation sites (N-methyl/N-ethyl adjacent to an activating group) is 1. The minimum Gasteiger partial charge on any atom is -0.349 e. The van der Waals surface area contributed by atoms with Gasteiger partial charge in [0, 0.05) is 38.4 Å². The Morgan fingerprint density at radius 3 is 2.53 bits per heavy atom. The van der Waals surface area contributed by atoms with Gasteiger partial charge in [-0.3, -0.25) is 14.4 Å². The number of nitrogens with zero attached hydrogens (tertiary/aromatic N) is 2. The molecular weight excluding hydrogens is 378 g/mol. The number of hydrogen-bond acceptors (Lipinski definition) is 3. The second-order valence-electron chi connectivity index (χ2n) is 8.36. The highest BCUT2D eigenvalue weighted by atomic mass is 16.2. The molecule has 2 aromatic carbocycles. The van der Waals surface area contributed by atoms with Crippen LogP contribution in [-0.2, 0) is 33.6 Å². The summed E-state index contributed by atoms with van der Waals surface area (Å²) in [7, 11) is 3.46. The molecule has 3 amide bonds. The van der Waals surface area contributed by atoms with Gasteiger partial charge in [0.25, 0.3) is 0 Å². The number of amides is 3. The molecule has 0 aromatic heterocycles. The van der Waals surface area contributed by atoms with Crippen LogP contribution in [0.5, 0.6) is 0 Å². The standard InChI is InChI=1S/C24H27N3O3/c1-26(2)22(28)12-16-6-9-20(10-7-16)25-24(30)19-14-23(29)27(15-19)21-11-8-17-4-3-5-18(17)13-21/h6-11,13,19H,3-5,12,14-15H2,1-2H3,(H,25,30). The first-order valence-electron chi connectivity index (χ1n) is 10.4. The van der Waals surface area contributed by atoms with Crippen LogP contribution in [-0.4, -0.2) is 43.3 Å². The molecule has 1 aliphatic heterocycles. The number of benzene rings is 2. The van der Waals surface area contributed by atoms with Crippen molar-refractivity contribution in [3.05, 3.63) is 59.2 Å². The maximum atomic E-state index is 12.7. The van der Waals surface area contributed by atoms with Crippen molar-refractivity contribution in [3.63, 3.8) is 0 Å². The minimum atomic E-state index is -0.374. The van der Waals surface area contributed by atoms with Gasteiger partial charge in [-0.05, 0) is 60.2 Å². The maximum Gasteiger partial charge on any atom is 0.229 e. The molecule has 0 bridgehead atoms. The quantitative estimate of drug-likeness (QED) is 0.832. The van der Waals surface area contributed by atoms with Gasteiger partial charge in [-0.15, -0.1) is 0 Å². The van der Waals surface area contributed by atoms with Crippen LogP contribution in [0.15, 0.2) is 42.5 Å². The van der Waals surface area contributed by atoms with Crippen LogP contribution in [0.4, 0.5) is 11.4 Å². The highest BCUT2D eigenvalue weighted by molar-refractivity contribution is 6.03. The van der Waals surface area contributed by atoms with Gasteiger partial charge in [0.05, 0.1) is 12.3 Å². The molecule has 1 aliphatic carbocycles. The lowest BCUT2D eigenvalue weighted by Gasteiger charge is -2.18. The van der Waals surface area contributed by atoms with Crippen molar-refractivity contribution in [2.24, 2.45) is 5.92 Å². The van der Waals surface area contributed by atoms with Crippen LogP contribution in [0.2, 0.25) is 0 Å². The third-order valence-corrected chi connectivity index (χ3v) is 5.97. The van der Waals surface area contributed by atoms with Gasteiger partial charge in [-0.2, -0.15) is 0 Å². The number of rotatable bonds is 5. The second-order valence-corrected chi connectivity index (χ2v) is 8.36. The van der Waals surface area contributed by atoms with E-state index in [1.807, 2.05) is 18.2 Å². The Morgan fingerprint density at radius 1 is 1.07 bits per heavy atom. The van der Waals surface area contributed by atoms with E-state index >= 15 is 0 Å². The predicted molar refractivity (Wildman–Crippen MR) is 116 cm³/mol. The number of carbonyl (C=O) groups is 3. The largest absolute Gasteiger partial charge is 0.349 e. The van der Waals surface area contributed by atoms with E-state index in [4.69, 9.17) is 0 Å². The van der Waals surface area contributed by atoms with Crippen molar-refractivity contribution in [1.29, 1.82) is 0 Å². The zero-order valence-electron chi connectivity index (χ0n) is 17.5. The molecule has 1 fully saturated rings. The minimum absolute atomic E-state index is 0.00866. The van der Waals surface area contributed by atoms with E-state index in [-0.39, 0.29) is 30.1 Å². The molecule has 1 unspecified atom stereocenters. The van der Waals surface area contributed by atoms with Gasteiger partial charge in [0.2, 0.25) is 17.7 Å². The smallest absolute Gasteiger partial charge is 0.229 e. The lowest BCUT2D eigenvalue weighted by Crippen LogP contribution is -2.28. The summed E-state index contributed by atoms with van der Waals surface area (Å²) in [6.07, 6.45) is 3.88. The Kier molecular flexibility index (Phi) is 5.57. The van der Waals surface area contributed by atoms with E-state index in [1.165, 1.54) is 17.5 Å². The van der Waals surface area contributed by atoms with E-state index in [1.54, 1.807) is 36.0 Å². The Bertz CT molecular complexity index is 982. The average Bonchev–Trinajstić information content (AvgIpc) is 3.35. The first-order valence-corrected chi connectivity index (χ1v) is 10.4. The van der Waals surface area contributed by atoms with Crippen molar-refractivity contribution in [1.82, 2.24) is 4.90 Å². The van der Waals surface area contributed by atoms with Crippen LogP contribution >= 0.6 is 0 Å². The fourth-order valence-electron chi connectivity index (χ4n) is 4.14. The van der Waals surface area contributed by atoms with Crippen LogP contribution < -0.4 is 10.2 Å². The van der Waals surface area contributed by atoms with E-state index in [2.05, 4.69) is 17.4 Å². The fraction of sp³-hybridized carbons (Fsp3) is 0.375. The molecular formula is C24H27N3O3. The summed E-state index contributed by atoms with van der Waals surface area (Å²) >= 11 is 0. The lowest BCUT2D eigenvalue weighted by molar-refractivity contribution is -0.128. The number of nitrogens with one attached hydrogen (secondary N) is 1. The number of fused-ring (bicyclic) bond motifs is 1. The van der Waals surface area contributed by atoms with E-state index in [9.17, 15) is 14.4 Å². The summed E-state index contributed by atoms with van der Waals surface area (Å²) in [5.41, 5.74) is 5.15. The first kappa shape index (κ1) is 20.1. The summed E-state index contributed by atoms with van der Waals surface area (Å²) in [5, 5.41) is 2.91. The molecule has 6 heteroatoms. The Balaban J connectivity index is 1.37. The summed E-state index contributed by atoms with van der Waals surface area (Å²) in [4.78, 5) is 40.4. The Hall–Kier alpha value is -3.15. The van der Waals surface area contributed by atoms with Crippen molar-refractivity contribution < 1.29 is 14.4 Å². The normalized spacial score (nSPS) is 17.7. The SMILES string of the molecule is CN(C)C(=O)Cc1ccc(NC(=O)C2CC(=O)N(c3ccc4c(c3)CCC4)C2)cc1. The molecule has 6 nitrogen and oxygen atoms in total. The van der Waals surface area contributed by atoms with Crippen molar-refractivity contribution in [2.45, 2.75) is 32.1 Å². The highest BCUT2D eigenvalue weighted by Crippen LogP contribution is 2.31. The molecule has 0 radical (unpaired) electrons. The van der Waals surface area contributed by atoms with Crippen molar-refractivity contribution in [3.8, 4) is 0 Å². The van der Waals surface area contributed by atoms with Gasteiger partial charge < -0.3 is 15.1 Å². The summed E-state index contributed by atoms with van der Waals surface area (Å²) in [6.45, 7) is 0.402. The number of carbonyl (C=O) groups excluding carboxylic acids is 3. The molecule has 1 saturated heterocycles. The van der Waals surface area contributed by atoms with E-state index < -0.39 is 0 Å². The number of anilines is 2. The van der Waals surface area contributed by atoms with Crippen LogP contribution in [0.3, 0.4) is 0 Å². The average molecular weight is 405 g/mol.